The van der Waals surface area contributed by atoms with Gasteiger partial charge in [-0.25, -0.2) is 27.5 Å². The van der Waals surface area contributed by atoms with E-state index in [1.165, 1.54) is 57.0 Å². The van der Waals surface area contributed by atoms with Crippen LogP contribution in [0.25, 0.3) is 67.1 Å². The standard InChI is InChI=1S/C32H25F5N6O3.C30H26F2N6O2/c1-18-28(24-5-3-4-6-39-24)41-25-13-20(33)12-23(34)27(25)30(18)43(31(44)32(35,36)37)26-14-21(42-7-9-46-10-8-42)16-40-29(26)19-11-22(45-2)17-38-15-19;1-18-28(24-5-3-4-6-34-24)36-25-13-20(31)12-23(32)27(25)29(18)37-26-14-21(38-7-9-40-10-8-38)16-35-30(26)19-11-22(39-2)17-33-15-19/h3-6,11-17H,7-10H2,1-2H3;3-6,11-17H,7-10H2,1-2H3,(H,36,37). The number of halogens is 7. The van der Waals surface area contributed by atoms with Crippen molar-refractivity contribution in [3.8, 4) is 56.8 Å². The highest BCUT2D eigenvalue weighted by molar-refractivity contribution is 6.13. The monoisotopic (exact) mass is 1180 g/mol. The molecule has 2 aromatic carbocycles. The van der Waals surface area contributed by atoms with E-state index in [-0.39, 0.29) is 56.1 Å². The number of nitrogens with zero attached hydrogens (tertiary/aromatic N) is 11. The summed E-state index contributed by atoms with van der Waals surface area (Å²) in [4.78, 5) is 53.5. The van der Waals surface area contributed by atoms with Gasteiger partial charge in [0.1, 0.15) is 34.8 Å². The fraction of sp³-hybridized carbons (Fsp3) is 0.210. The molecule has 0 atom stereocenters. The van der Waals surface area contributed by atoms with Crippen molar-refractivity contribution in [1.82, 2.24) is 39.9 Å². The van der Waals surface area contributed by atoms with Gasteiger partial charge in [0.25, 0.3) is 0 Å². The van der Waals surface area contributed by atoms with E-state index in [2.05, 4.69) is 45.1 Å². The third kappa shape index (κ3) is 11.9. The van der Waals surface area contributed by atoms with E-state index in [0.717, 1.165) is 30.9 Å². The van der Waals surface area contributed by atoms with Gasteiger partial charge in [0, 0.05) is 97.5 Å². The number of rotatable bonds is 12. The molecule has 2 aliphatic rings. The smallest absolute Gasteiger partial charge is 0.472 e. The highest BCUT2D eigenvalue weighted by atomic mass is 19.4. The third-order valence-corrected chi connectivity index (χ3v) is 14.4. The molecule has 10 heterocycles. The summed E-state index contributed by atoms with van der Waals surface area (Å²) in [6, 6.07) is 20.4. The van der Waals surface area contributed by atoms with Crippen LogP contribution in [0.1, 0.15) is 11.1 Å². The Balaban J connectivity index is 0.000000180. The highest BCUT2D eigenvalue weighted by Crippen LogP contribution is 2.46. The largest absolute Gasteiger partial charge is 0.495 e. The maximum Gasteiger partial charge on any atom is 0.472 e. The summed E-state index contributed by atoms with van der Waals surface area (Å²) in [5.41, 5.74) is 4.80. The number of hydrogen-bond acceptors (Lipinski definition) is 16. The van der Waals surface area contributed by atoms with Gasteiger partial charge in [-0.1, -0.05) is 12.1 Å². The maximum absolute atomic E-state index is 15.8. The molecular formula is C62H51F7N12O5. The van der Waals surface area contributed by atoms with Gasteiger partial charge in [0.2, 0.25) is 0 Å². The zero-order valence-electron chi connectivity index (χ0n) is 46.5. The predicted octanol–water partition coefficient (Wildman–Crippen LogP) is 12.3. The molecule has 0 saturated carbocycles. The van der Waals surface area contributed by atoms with E-state index in [9.17, 15) is 26.7 Å². The third-order valence-electron chi connectivity index (χ3n) is 14.4. The molecule has 10 aromatic rings. The second kappa shape index (κ2) is 24.7. The van der Waals surface area contributed by atoms with Crippen molar-refractivity contribution >= 4 is 61.8 Å². The Morgan fingerprint density at radius 1 is 0.581 bits per heavy atom. The summed E-state index contributed by atoms with van der Waals surface area (Å²) in [5, 5.41) is 3.12. The summed E-state index contributed by atoms with van der Waals surface area (Å²) in [7, 11) is 2.96. The summed E-state index contributed by atoms with van der Waals surface area (Å²) in [6.07, 6.45) is 6.98. The van der Waals surface area contributed by atoms with Crippen LogP contribution in [0.5, 0.6) is 11.5 Å². The van der Waals surface area contributed by atoms with Crippen LogP contribution >= 0.6 is 0 Å². The number of morpholine rings is 2. The molecular weight excluding hydrogens is 1130 g/mol. The Morgan fingerprint density at radius 3 is 1.60 bits per heavy atom. The molecule has 0 bridgehead atoms. The normalized spacial score (nSPS) is 13.5. The molecule has 1 amide bonds. The predicted molar refractivity (Wildman–Crippen MR) is 310 cm³/mol. The first-order valence-corrected chi connectivity index (χ1v) is 26.8. The van der Waals surface area contributed by atoms with Crippen molar-refractivity contribution in [2.24, 2.45) is 0 Å². The molecule has 0 aliphatic carbocycles. The average molecular weight is 1180 g/mol. The number of aromatic nitrogens is 8. The fourth-order valence-electron chi connectivity index (χ4n) is 10.2. The molecule has 0 unspecified atom stereocenters. The SMILES string of the molecule is COc1cncc(-c2ncc(N3CCOCC3)cc2N(C(=O)C(F)(F)F)c2c(C)c(-c3ccccn3)nc3cc(F)cc(F)c23)c1.COc1cncc(-c2ncc(N3CCOCC3)cc2Nc2c(C)c(-c3ccccn3)nc3cc(F)cc(F)c23)c1. The fourth-order valence-corrected chi connectivity index (χ4v) is 10.2. The van der Waals surface area contributed by atoms with Gasteiger partial charge in [0.15, 0.2) is 0 Å². The van der Waals surface area contributed by atoms with Crippen molar-refractivity contribution in [3.05, 3.63) is 169 Å². The van der Waals surface area contributed by atoms with Crippen molar-refractivity contribution in [2.45, 2.75) is 20.0 Å². The number of methoxy groups -OCH3 is 2. The second-order valence-corrected chi connectivity index (χ2v) is 19.7. The van der Waals surface area contributed by atoms with Gasteiger partial charge in [-0.2, -0.15) is 13.2 Å². The van der Waals surface area contributed by atoms with E-state index in [0.29, 0.717) is 102 Å². The Morgan fingerprint density at radius 2 is 1.08 bits per heavy atom. The molecule has 12 rings (SSSR count). The summed E-state index contributed by atoms with van der Waals surface area (Å²) in [6.45, 7) is 7.44. The first kappa shape index (κ1) is 57.9. The number of carbonyl (C=O) groups is 1. The number of pyridine rings is 8. The lowest BCUT2D eigenvalue weighted by Crippen LogP contribution is -2.40. The van der Waals surface area contributed by atoms with Gasteiger partial charge in [-0.05, 0) is 62.4 Å². The highest BCUT2D eigenvalue weighted by Gasteiger charge is 2.46. The summed E-state index contributed by atoms with van der Waals surface area (Å²) in [5.74, 6) is -5.13. The lowest BCUT2D eigenvalue weighted by atomic mass is 10.0. The van der Waals surface area contributed by atoms with E-state index >= 15 is 8.78 Å². The number of fused-ring (bicyclic) bond motifs is 2. The number of nitrogens with one attached hydrogen (secondary N) is 1. The van der Waals surface area contributed by atoms with Gasteiger partial charge in [0.05, 0.1) is 156 Å². The lowest BCUT2D eigenvalue weighted by molar-refractivity contribution is -0.169. The Kier molecular flexibility index (Phi) is 16.6. The van der Waals surface area contributed by atoms with E-state index in [4.69, 9.17) is 23.9 Å². The lowest BCUT2D eigenvalue weighted by Gasteiger charge is -2.32. The van der Waals surface area contributed by atoms with Gasteiger partial charge >= 0.3 is 12.1 Å². The minimum absolute atomic E-state index is 0.0131. The first-order chi connectivity index (χ1) is 41.6. The number of amides is 1. The van der Waals surface area contributed by atoms with Gasteiger partial charge < -0.3 is 34.1 Å². The van der Waals surface area contributed by atoms with Crippen LogP contribution in [0.4, 0.5) is 64.9 Å². The van der Waals surface area contributed by atoms with Crippen LogP contribution in [0.15, 0.2) is 135 Å². The van der Waals surface area contributed by atoms with Gasteiger partial charge in [-0.15, -0.1) is 0 Å². The Bertz CT molecular complexity index is 4160. The van der Waals surface area contributed by atoms with Crippen LogP contribution < -0.4 is 29.5 Å². The van der Waals surface area contributed by atoms with Crippen LogP contribution in [0, 0.1) is 37.1 Å². The second-order valence-electron chi connectivity index (χ2n) is 19.7. The van der Waals surface area contributed by atoms with Crippen molar-refractivity contribution in [1.29, 1.82) is 0 Å². The Hall–Kier alpha value is -9.94. The molecule has 24 heteroatoms. The van der Waals surface area contributed by atoms with Crippen molar-refractivity contribution in [2.75, 3.05) is 86.8 Å². The van der Waals surface area contributed by atoms with Crippen molar-refractivity contribution in [3.63, 3.8) is 0 Å². The van der Waals surface area contributed by atoms with Crippen LogP contribution in [0.2, 0.25) is 0 Å². The summed E-state index contributed by atoms with van der Waals surface area (Å²) >= 11 is 0. The Labute approximate surface area is 487 Å². The molecule has 438 valence electrons. The zero-order valence-corrected chi connectivity index (χ0v) is 46.5. The maximum atomic E-state index is 15.8. The quantitative estimate of drug-likeness (QED) is 0.114. The molecule has 86 heavy (non-hydrogen) atoms. The number of alkyl halides is 3. The van der Waals surface area contributed by atoms with Crippen LogP contribution in [-0.2, 0) is 14.3 Å². The molecule has 0 radical (unpaired) electrons. The molecule has 2 aliphatic heterocycles. The molecule has 1 N–H and O–H groups in total. The molecule has 17 nitrogen and oxygen atoms in total. The summed E-state index contributed by atoms with van der Waals surface area (Å²) < 4.78 is 126. The van der Waals surface area contributed by atoms with E-state index in [1.54, 1.807) is 56.2 Å². The first-order valence-electron chi connectivity index (χ1n) is 26.8. The minimum atomic E-state index is -5.44. The van der Waals surface area contributed by atoms with Crippen LogP contribution in [-0.4, -0.2) is 119 Å². The molecule has 2 fully saturated rings. The molecule has 2 saturated heterocycles. The average Bonchev–Trinajstić information content (AvgIpc) is 1.24. The minimum Gasteiger partial charge on any atom is -0.495 e. The number of carbonyl (C=O) groups excluding carboxylic acids is 1. The van der Waals surface area contributed by atoms with E-state index in [1.807, 2.05) is 36.1 Å². The van der Waals surface area contributed by atoms with Gasteiger partial charge in [-0.3, -0.25) is 39.6 Å². The molecule has 0 spiro atoms. The van der Waals surface area contributed by atoms with Crippen LogP contribution in [0.3, 0.4) is 0 Å². The number of anilines is 6. The zero-order chi connectivity index (χ0) is 60.2. The number of hydrogen-bond donors (Lipinski definition) is 1. The number of benzene rings is 2. The van der Waals surface area contributed by atoms with Crippen molar-refractivity contribution < 1.29 is 54.5 Å². The number of ether oxygens (including phenoxy) is 4. The topological polar surface area (TPSA) is 179 Å². The van der Waals surface area contributed by atoms with E-state index < -0.39 is 46.4 Å². The molecule has 8 aromatic heterocycles.